The number of nitrogens with zero attached hydrogens (tertiary/aromatic N) is 2. The minimum atomic E-state index is -0.645. The lowest BCUT2D eigenvalue weighted by Crippen LogP contribution is -2.47. The third kappa shape index (κ3) is 5.08. The number of aryl methyl sites for hydroxylation is 1. The summed E-state index contributed by atoms with van der Waals surface area (Å²) in [5, 5.41) is 2.89. The van der Waals surface area contributed by atoms with Gasteiger partial charge in [-0.15, -0.1) is 0 Å². The van der Waals surface area contributed by atoms with Crippen molar-refractivity contribution >= 4 is 11.8 Å². The molecule has 0 saturated heterocycles. The largest absolute Gasteiger partial charge is 0.347 e. The van der Waals surface area contributed by atoms with E-state index in [-0.39, 0.29) is 11.8 Å². The van der Waals surface area contributed by atoms with Crippen LogP contribution in [0.5, 0.6) is 0 Å². The number of carbonyl (C=O) groups excluding carboxylic acids is 2. The molecule has 3 rings (SSSR count). The summed E-state index contributed by atoms with van der Waals surface area (Å²) in [5.41, 5.74) is 3.88. The molecule has 1 aromatic heterocycles. The zero-order chi connectivity index (χ0) is 20.8. The second-order valence-electron chi connectivity index (χ2n) is 7.14. The second-order valence-corrected chi connectivity index (χ2v) is 7.14. The SMILES string of the molecule is Cc1nc(-c2ccccc2)ccc1C(=O)NC(Cc1ccccc1)C(=O)N(C)C. The number of nitrogens with one attached hydrogen (secondary N) is 1. The van der Waals surface area contributed by atoms with Gasteiger partial charge in [-0.25, -0.2) is 0 Å². The molecule has 5 nitrogen and oxygen atoms in total. The molecule has 0 radical (unpaired) electrons. The predicted octanol–water partition coefficient (Wildman–Crippen LogP) is 3.49. The number of likely N-dealkylation sites (N-methyl/N-ethyl adjacent to an activating group) is 1. The molecule has 1 unspecified atom stereocenters. The molecule has 0 fully saturated rings. The van der Waals surface area contributed by atoms with E-state index in [2.05, 4.69) is 10.3 Å². The van der Waals surface area contributed by atoms with Crippen LogP contribution in [0.3, 0.4) is 0 Å². The molecule has 2 aromatic carbocycles. The van der Waals surface area contributed by atoms with E-state index in [1.807, 2.05) is 66.7 Å². The molecule has 3 aromatic rings. The van der Waals surface area contributed by atoms with Gasteiger partial charge >= 0.3 is 0 Å². The zero-order valence-corrected chi connectivity index (χ0v) is 16.9. The van der Waals surface area contributed by atoms with Crippen LogP contribution in [-0.4, -0.2) is 41.8 Å². The van der Waals surface area contributed by atoms with Crippen molar-refractivity contribution in [2.45, 2.75) is 19.4 Å². The van der Waals surface area contributed by atoms with Crippen molar-refractivity contribution in [1.29, 1.82) is 0 Å². The zero-order valence-electron chi connectivity index (χ0n) is 16.9. The van der Waals surface area contributed by atoms with Gasteiger partial charge in [0.2, 0.25) is 5.91 Å². The van der Waals surface area contributed by atoms with Crippen LogP contribution >= 0.6 is 0 Å². The molecule has 0 aliphatic carbocycles. The van der Waals surface area contributed by atoms with Crippen molar-refractivity contribution in [3.05, 3.63) is 89.6 Å². The maximum Gasteiger partial charge on any atom is 0.253 e. The summed E-state index contributed by atoms with van der Waals surface area (Å²) < 4.78 is 0. The van der Waals surface area contributed by atoms with Crippen LogP contribution in [0.1, 0.15) is 21.6 Å². The minimum absolute atomic E-state index is 0.145. The number of hydrogen-bond donors (Lipinski definition) is 1. The van der Waals surface area contributed by atoms with Crippen molar-refractivity contribution < 1.29 is 9.59 Å². The Morgan fingerprint density at radius 2 is 1.55 bits per heavy atom. The Labute approximate surface area is 171 Å². The van der Waals surface area contributed by atoms with Crippen molar-refractivity contribution in [1.82, 2.24) is 15.2 Å². The maximum absolute atomic E-state index is 12.9. The molecule has 1 heterocycles. The summed E-state index contributed by atoms with van der Waals surface area (Å²) >= 11 is 0. The average Bonchev–Trinajstić information content (AvgIpc) is 2.73. The Hall–Kier alpha value is -3.47. The predicted molar refractivity (Wildman–Crippen MR) is 115 cm³/mol. The minimum Gasteiger partial charge on any atom is -0.347 e. The van der Waals surface area contributed by atoms with Gasteiger partial charge in [-0.05, 0) is 24.6 Å². The monoisotopic (exact) mass is 387 g/mol. The van der Waals surface area contributed by atoms with Crippen molar-refractivity contribution in [2.24, 2.45) is 0 Å². The fourth-order valence-corrected chi connectivity index (χ4v) is 3.17. The lowest BCUT2D eigenvalue weighted by atomic mass is 10.0. The lowest BCUT2D eigenvalue weighted by molar-refractivity contribution is -0.130. The van der Waals surface area contributed by atoms with Gasteiger partial charge in [0, 0.05) is 26.1 Å². The molecular formula is C24H25N3O2. The maximum atomic E-state index is 12.9. The van der Waals surface area contributed by atoms with Crippen molar-refractivity contribution in [3.8, 4) is 11.3 Å². The second kappa shape index (κ2) is 9.15. The third-order valence-corrected chi connectivity index (χ3v) is 4.73. The number of pyridine rings is 1. The van der Waals surface area contributed by atoms with E-state index >= 15 is 0 Å². The van der Waals surface area contributed by atoms with E-state index in [0.717, 1.165) is 16.8 Å². The molecule has 0 aliphatic heterocycles. The first kappa shape index (κ1) is 20.3. The van der Waals surface area contributed by atoms with Gasteiger partial charge in [0.1, 0.15) is 6.04 Å². The average molecular weight is 387 g/mol. The standard InChI is InChI=1S/C24H25N3O2/c1-17-20(14-15-21(25-17)19-12-8-5-9-13-19)23(28)26-22(24(29)27(2)3)16-18-10-6-4-7-11-18/h4-15,22H,16H2,1-3H3,(H,26,28). The topological polar surface area (TPSA) is 62.3 Å². The van der Waals surface area contributed by atoms with Gasteiger partial charge in [0.25, 0.3) is 5.91 Å². The number of hydrogen-bond acceptors (Lipinski definition) is 3. The number of benzene rings is 2. The van der Waals surface area contributed by atoms with Crippen molar-refractivity contribution in [3.63, 3.8) is 0 Å². The Morgan fingerprint density at radius 1 is 0.931 bits per heavy atom. The van der Waals surface area contributed by atoms with E-state index in [4.69, 9.17) is 0 Å². The summed E-state index contributed by atoms with van der Waals surface area (Å²) in [6, 6.07) is 22.4. The van der Waals surface area contributed by atoms with E-state index < -0.39 is 6.04 Å². The van der Waals surface area contributed by atoms with Crippen LogP contribution in [0, 0.1) is 6.92 Å². The Balaban J connectivity index is 1.81. The highest BCUT2D eigenvalue weighted by Crippen LogP contribution is 2.19. The molecule has 0 aliphatic rings. The number of rotatable bonds is 6. The highest BCUT2D eigenvalue weighted by molar-refractivity contribution is 5.98. The van der Waals surface area contributed by atoms with Gasteiger partial charge < -0.3 is 10.2 Å². The molecule has 0 bridgehead atoms. The lowest BCUT2D eigenvalue weighted by Gasteiger charge is -2.22. The molecular weight excluding hydrogens is 362 g/mol. The quantitative estimate of drug-likeness (QED) is 0.704. The van der Waals surface area contributed by atoms with E-state index in [1.165, 1.54) is 4.90 Å². The normalized spacial score (nSPS) is 11.6. The molecule has 5 heteroatoms. The number of carbonyl (C=O) groups is 2. The van der Waals surface area contributed by atoms with Crippen LogP contribution in [-0.2, 0) is 11.2 Å². The van der Waals surface area contributed by atoms with Crippen LogP contribution in [0.4, 0.5) is 0 Å². The molecule has 148 valence electrons. The molecule has 29 heavy (non-hydrogen) atoms. The Kier molecular flexibility index (Phi) is 6.39. The van der Waals surface area contributed by atoms with Crippen LogP contribution < -0.4 is 5.32 Å². The first-order valence-corrected chi connectivity index (χ1v) is 9.54. The Bertz CT molecular complexity index is 986. The number of aromatic nitrogens is 1. The molecule has 2 amide bonds. The van der Waals surface area contributed by atoms with Gasteiger partial charge in [0.15, 0.2) is 0 Å². The van der Waals surface area contributed by atoms with Crippen molar-refractivity contribution in [2.75, 3.05) is 14.1 Å². The summed E-state index contributed by atoms with van der Waals surface area (Å²) in [6.07, 6.45) is 0.429. The Morgan fingerprint density at radius 3 is 2.14 bits per heavy atom. The summed E-state index contributed by atoms with van der Waals surface area (Å²) in [6.45, 7) is 1.81. The summed E-state index contributed by atoms with van der Waals surface area (Å²) in [7, 11) is 3.38. The van der Waals surface area contributed by atoms with Gasteiger partial charge in [0.05, 0.1) is 17.0 Å². The van der Waals surface area contributed by atoms with E-state index in [0.29, 0.717) is 17.7 Å². The highest BCUT2D eigenvalue weighted by Gasteiger charge is 2.24. The number of amides is 2. The summed E-state index contributed by atoms with van der Waals surface area (Å²) in [4.78, 5) is 31.6. The fourth-order valence-electron chi connectivity index (χ4n) is 3.17. The molecule has 0 spiro atoms. The fraction of sp³-hybridized carbons (Fsp3) is 0.208. The highest BCUT2D eigenvalue weighted by atomic mass is 16.2. The van der Waals surface area contributed by atoms with Gasteiger partial charge in [-0.2, -0.15) is 0 Å². The smallest absolute Gasteiger partial charge is 0.253 e. The molecule has 0 saturated carbocycles. The first-order chi connectivity index (χ1) is 14.0. The van der Waals surface area contributed by atoms with Crippen LogP contribution in [0.2, 0.25) is 0 Å². The van der Waals surface area contributed by atoms with Gasteiger partial charge in [-0.1, -0.05) is 60.7 Å². The van der Waals surface area contributed by atoms with Gasteiger partial charge in [-0.3, -0.25) is 14.6 Å². The molecule has 1 atom stereocenters. The summed E-state index contributed by atoms with van der Waals surface area (Å²) in [5.74, 6) is -0.445. The third-order valence-electron chi connectivity index (χ3n) is 4.73. The van der Waals surface area contributed by atoms with Crippen LogP contribution in [0.25, 0.3) is 11.3 Å². The molecule has 1 N–H and O–H groups in total. The van der Waals surface area contributed by atoms with E-state index in [1.54, 1.807) is 27.1 Å². The van der Waals surface area contributed by atoms with E-state index in [9.17, 15) is 9.59 Å². The first-order valence-electron chi connectivity index (χ1n) is 9.54. The van der Waals surface area contributed by atoms with Crippen LogP contribution in [0.15, 0.2) is 72.8 Å².